The highest BCUT2D eigenvalue weighted by atomic mass is 79.9. The number of rotatable bonds is 4. The molecule has 1 unspecified atom stereocenters. The highest BCUT2D eigenvalue weighted by molar-refractivity contribution is 9.10. The largest absolute Gasteiger partial charge is 0.446 e. The molecular weight excluding hydrogens is 589 g/mol. The summed E-state index contributed by atoms with van der Waals surface area (Å²) in [6.45, 7) is 3.89. The van der Waals surface area contributed by atoms with E-state index < -0.39 is 60.0 Å². The maximum atomic E-state index is 14.6. The summed E-state index contributed by atoms with van der Waals surface area (Å²) in [5.74, 6) is -1.35. The average Bonchev–Trinajstić information content (AvgIpc) is 2.95. The van der Waals surface area contributed by atoms with E-state index in [2.05, 4.69) is 15.9 Å². The predicted molar refractivity (Wildman–Crippen MR) is 128 cm³/mol. The van der Waals surface area contributed by atoms with Gasteiger partial charge in [0.25, 0.3) is 0 Å². The van der Waals surface area contributed by atoms with E-state index in [1.54, 1.807) is 13.8 Å². The maximum absolute atomic E-state index is 14.6. The van der Waals surface area contributed by atoms with Crippen LogP contribution in [0.2, 0.25) is 0 Å². The van der Waals surface area contributed by atoms with E-state index in [-0.39, 0.29) is 46.7 Å². The minimum Gasteiger partial charge on any atom is -0.446 e. The van der Waals surface area contributed by atoms with Crippen molar-refractivity contribution in [2.45, 2.75) is 64.7 Å². The van der Waals surface area contributed by atoms with Crippen LogP contribution >= 0.6 is 15.9 Å². The van der Waals surface area contributed by atoms with E-state index in [1.807, 2.05) is 0 Å². The molecule has 2 aromatic rings. The number of carbonyl (C=O) groups is 2. The third kappa shape index (κ3) is 6.78. The van der Waals surface area contributed by atoms with Gasteiger partial charge in [-0.3, -0.25) is 9.69 Å². The van der Waals surface area contributed by atoms with Gasteiger partial charge in [0.2, 0.25) is 5.91 Å². The van der Waals surface area contributed by atoms with Gasteiger partial charge in [0.1, 0.15) is 5.82 Å². The lowest BCUT2D eigenvalue weighted by atomic mass is 9.98. The van der Waals surface area contributed by atoms with Crippen LogP contribution in [-0.4, -0.2) is 29.5 Å². The van der Waals surface area contributed by atoms with Crippen LogP contribution in [0, 0.1) is 5.82 Å². The summed E-state index contributed by atoms with van der Waals surface area (Å²) >= 11 is 3.08. The number of fused-ring (bicyclic) bond motifs is 1. The molecule has 0 saturated heterocycles. The highest BCUT2D eigenvalue weighted by Gasteiger charge is 2.38. The molecule has 0 aliphatic carbocycles. The first kappa shape index (κ1) is 29.7. The molecule has 0 saturated carbocycles. The zero-order valence-corrected chi connectivity index (χ0v) is 22.1. The molecule has 0 fully saturated rings. The summed E-state index contributed by atoms with van der Waals surface area (Å²) in [5.41, 5.74) is -3.01. The van der Waals surface area contributed by atoms with Crippen molar-refractivity contribution in [3.63, 3.8) is 0 Å². The number of benzene rings is 2. The molecule has 0 aromatic heterocycles. The highest BCUT2D eigenvalue weighted by Crippen LogP contribution is 2.42. The standard InChI is InChI=1S/C25H24BrF7N2O3/c1-13(2)38-23(37)34-6-4-5-21(18-10-19(26)20(27)11-22(18)34)35(14(3)36)12-15-7-16(24(28,29)30)9-17(8-15)25(31,32)33/h7-11,13,21H,4-6,12H2,1-3H3. The van der Waals surface area contributed by atoms with Crippen LogP contribution in [0.4, 0.5) is 41.2 Å². The molecule has 0 spiro atoms. The van der Waals surface area contributed by atoms with Gasteiger partial charge >= 0.3 is 18.4 Å². The Kier molecular flexibility index (Phi) is 8.69. The monoisotopic (exact) mass is 612 g/mol. The fourth-order valence-electron chi connectivity index (χ4n) is 4.30. The Balaban J connectivity index is 2.12. The summed E-state index contributed by atoms with van der Waals surface area (Å²) in [5, 5.41) is 0. The molecule has 1 atom stereocenters. The quantitative estimate of drug-likeness (QED) is 0.330. The van der Waals surface area contributed by atoms with Crippen molar-refractivity contribution in [1.82, 2.24) is 4.90 Å². The van der Waals surface area contributed by atoms with Gasteiger partial charge in [-0.05, 0) is 84.1 Å². The number of ether oxygens (including phenoxy) is 1. The summed E-state index contributed by atoms with van der Waals surface area (Å²) < 4.78 is 100. The summed E-state index contributed by atoms with van der Waals surface area (Å²) in [6.07, 6.45) is -10.9. The fourth-order valence-corrected chi connectivity index (χ4v) is 4.66. The zero-order valence-electron chi connectivity index (χ0n) is 20.5. The van der Waals surface area contributed by atoms with Crippen LogP contribution in [0.5, 0.6) is 0 Å². The number of hydrogen-bond donors (Lipinski definition) is 0. The van der Waals surface area contributed by atoms with Gasteiger partial charge < -0.3 is 9.64 Å². The Morgan fingerprint density at radius 2 is 1.63 bits per heavy atom. The molecule has 3 rings (SSSR count). The Morgan fingerprint density at radius 3 is 2.13 bits per heavy atom. The van der Waals surface area contributed by atoms with Gasteiger partial charge in [0.05, 0.1) is 33.4 Å². The number of hydrogen-bond acceptors (Lipinski definition) is 3. The Morgan fingerprint density at radius 1 is 1.05 bits per heavy atom. The molecule has 0 bridgehead atoms. The maximum Gasteiger partial charge on any atom is 0.416 e. The van der Waals surface area contributed by atoms with E-state index in [4.69, 9.17) is 4.74 Å². The lowest BCUT2D eigenvalue weighted by Gasteiger charge is -2.32. The number of nitrogens with zero attached hydrogens (tertiary/aromatic N) is 2. The Hall–Kier alpha value is -2.83. The van der Waals surface area contributed by atoms with Gasteiger partial charge in [-0.1, -0.05) is 0 Å². The molecule has 1 aliphatic rings. The van der Waals surface area contributed by atoms with E-state index in [0.29, 0.717) is 12.1 Å². The molecule has 5 nitrogen and oxygen atoms in total. The first-order chi connectivity index (χ1) is 17.5. The van der Waals surface area contributed by atoms with E-state index in [1.165, 1.54) is 11.0 Å². The fraction of sp³-hybridized carbons (Fsp3) is 0.440. The van der Waals surface area contributed by atoms with Gasteiger partial charge in [-0.2, -0.15) is 26.3 Å². The molecule has 13 heteroatoms. The van der Waals surface area contributed by atoms with Crippen molar-refractivity contribution in [1.29, 1.82) is 0 Å². The number of anilines is 1. The number of halogens is 8. The second-order valence-electron chi connectivity index (χ2n) is 9.13. The normalized spacial score (nSPS) is 16.2. The van der Waals surface area contributed by atoms with Crippen LogP contribution in [0.15, 0.2) is 34.8 Å². The third-order valence-corrected chi connectivity index (χ3v) is 6.52. The van der Waals surface area contributed by atoms with E-state index in [9.17, 15) is 40.3 Å². The number of alkyl halides is 6. The van der Waals surface area contributed by atoms with Gasteiger partial charge in [-0.25, -0.2) is 9.18 Å². The molecule has 0 radical (unpaired) electrons. The van der Waals surface area contributed by atoms with E-state index >= 15 is 0 Å². The molecule has 208 valence electrons. The summed E-state index contributed by atoms with van der Waals surface area (Å²) in [6, 6.07) is 2.68. The summed E-state index contributed by atoms with van der Waals surface area (Å²) in [4.78, 5) is 27.8. The van der Waals surface area contributed by atoms with Crippen LogP contribution in [0.1, 0.15) is 61.9 Å². The van der Waals surface area contributed by atoms with Crippen molar-refractivity contribution in [3.8, 4) is 0 Å². The number of amides is 2. The molecule has 2 aromatic carbocycles. The van der Waals surface area contributed by atoms with Crippen LogP contribution in [0.3, 0.4) is 0 Å². The first-order valence-electron chi connectivity index (χ1n) is 11.5. The molecular formula is C25H24BrF7N2O3. The van der Waals surface area contributed by atoms with Crippen molar-refractivity contribution in [2.75, 3.05) is 11.4 Å². The van der Waals surface area contributed by atoms with Crippen molar-refractivity contribution < 1.29 is 45.1 Å². The molecule has 1 heterocycles. The van der Waals surface area contributed by atoms with Crippen LogP contribution in [0.25, 0.3) is 0 Å². The Bertz CT molecular complexity index is 1180. The molecule has 38 heavy (non-hydrogen) atoms. The van der Waals surface area contributed by atoms with Crippen LogP contribution < -0.4 is 4.90 Å². The predicted octanol–water partition coefficient (Wildman–Crippen LogP) is 7.86. The summed E-state index contributed by atoms with van der Waals surface area (Å²) in [7, 11) is 0. The van der Waals surface area contributed by atoms with Crippen molar-refractivity contribution in [3.05, 3.63) is 62.9 Å². The van der Waals surface area contributed by atoms with Gasteiger partial charge in [-0.15, -0.1) is 0 Å². The lowest BCUT2D eigenvalue weighted by molar-refractivity contribution is -0.143. The number of carbonyl (C=O) groups excluding carboxylic acids is 2. The minimum atomic E-state index is -5.05. The second kappa shape index (κ2) is 11.1. The second-order valence-corrected chi connectivity index (χ2v) is 9.98. The van der Waals surface area contributed by atoms with E-state index in [0.717, 1.165) is 17.9 Å². The van der Waals surface area contributed by atoms with Crippen molar-refractivity contribution >= 4 is 33.6 Å². The Labute approximate surface area is 222 Å². The molecule has 2 amide bonds. The SMILES string of the molecule is CC(=O)N(Cc1cc(C(F)(F)F)cc(C(F)(F)F)c1)C1CCCN(C(=O)OC(C)C)c2cc(F)c(Br)cc21. The van der Waals surface area contributed by atoms with Crippen LogP contribution in [-0.2, 0) is 28.4 Å². The van der Waals surface area contributed by atoms with Gasteiger partial charge in [0, 0.05) is 20.0 Å². The lowest BCUT2D eigenvalue weighted by Crippen LogP contribution is -2.35. The topological polar surface area (TPSA) is 49.9 Å². The van der Waals surface area contributed by atoms with Crippen molar-refractivity contribution in [2.24, 2.45) is 0 Å². The molecule has 1 aliphatic heterocycles. The average molecular weight is 613 g/mol. The zero-order chi connectivity index (χ0) is 28.6. The smallest absolute Gasteiger partial charge is 0.416 e. The third-order valence-electron chi connectivity index (χ3n) is 5.92. The minimum absolute atomic E-state index is 0.00209. The first-order valence-corrected chi connectivity index (χ1v) is 12.3. The molecule has 0 N–H and O–H groups in total. The van der Waals surface area contributed by atoms with Gasteiger partial charge in [0.15, 0.2) is 0 Å².